The maximum absolute atomic E-state index is 15.3. The van der Waals surface area contributed by atoms with Crippen LogP contribution < -0.4 is 4.90 Å². The third-order valence-corrected chi connectivity index (χ3v) is 12.4. The van der Waals surface area contributed by atoms with Crippen molar-refractivity contribution in [3.63, 3.8) is 0 Å². The second-order valence-corrected chi connectivity index (χ2v) is 15.2. The molecule has 10 heteroatoms. The number of benzene rings is 4. The van der Waals surface area contributed by atoms with E-state index in [4.69, 9.17) is 23.7 Å². The van der Waals surface area contributed by atoms with E-state index in [9.17, 15) is 4.79 Å². The fourth-order valence-corrected chi connectivity index (χ4v) is 10.0. The Balaban J connectivity index is 1.39. The summed E-state index contributed by atoms with van der Waals surface area (Å²) in [5.41, 5.74) is 2.23. The molecule has 3 aliphatic rings. The topological polar surface area (TPSA) is 86.8 Å². The lowest BCUT2D eigenvalue weighted by molar-refractivity contribution is -0.153. The van der Waals surface area contributed by atoms with E-state index in [-0.39, 0.29) is 49.8 Å². The van der Waals surface area contributed by atoms with E-state index < -0.39 is 16.9 Å². The van der Waals surface area contributed by atoms with Gasteiger partial charge in [-0.05, 0) is 63.0 Å². The smallest absolute Gasteiger partial charge is 0.259 e. The molecule has 1 saturated heterocycles. The summed E-state index contributed by atoms with van der Waals surface area (Å²) in [6.07, 6.45) is 0.892. The maximum atomic E-state index is 15.3. The van der Waals surface area contributed by atoms with Crippen LogP contribution in [0.4, 0.5) is 5.69 Å². The number of halogens is 1. The Bertz CT molecular complexity index is 1920. The average molecular weight is 796 g/mol. The lowest BCUT2D eigenvalue weighted by Gasteiger charge is -2.46. The van der Waals surface area contributed by atoms with Crippen LogP contribution in [0, 0.1) is 23.2 Å². The molecule has 0 radical (unpaired) electrons. The third-order valence-electron chi connectivity index (χ3n) is 11.7. The van der Waals surface area contributed by atoms with Crippen molar-refractivity contribution in [2.24, 2.45) is 23.2 Å². The molecule has 1 saturated carbocycles. The molecule has 2 amide bonds. The molecule has 282 valence electrons. The number of piperidine rings is 1. The minimum atomic E-state index is -1.05. The van der Waals surface area contributed by atoms with Gasteiger partial charge in [0, 0.05) is 51.2 Å². The fraction of sp³-hybridized carbons (Fsp3) is 0.364. The van der Waals surface area contributed by atoms with E-state index in [2.05, 4.69) is 40.2 Å². The Morgan fingerprint density at radius 2 is 1.48 bits per heavy atom. The summed E-state index contributed by atoms with van der Waals surface area (Å²) in [6, 6.07) is 37.7. The molecule has 1 aliphatic heterocycles. The van der Waals surface area contributed by atoms with Gasteiger partial charge in [0.05, 0.1) is 29.9 Å². The third kappa shape index (κ3) is 6.47. The van der Waals surface area contributed by atoms with Gasteiger partial charge in [0.2, 0.25) is 5.91 Å². The maximum Gasteiger partial charge on any atom is 0.259 e. The normalized spacial score (nSPS) is 23.2. The van der Waals surface area contributed by atoms with Crippen molar-refractivity contribution in [1.82, 2.24) is 4.90 Å². The molecule has 54 heavy (non-hydrogen) atoms. The molecule has 9 nitrogen and oxygen atoms in total. The van der Waals surface area contributed by atoms with Gasteiger partial charge >= 0.3 is 0 Å². The second kappa shape index (κ2) is 16.2. The Kier molecular flexibility index (Phi) is 11.4. The quantitative estimate of drug-likeness (QED) is 0.108. The van der Waals surface area contributed by atoms with Crippen LogP contribution in [0.2, 0.25) is 0 Å². The summed E-state index contributed by atoms with van der Waals surface area (Å²) in [4.78, 5) is 33.7. The molecular formula is C44H47BrN2O7. The van der Waals surface area contributed by atoms with Gasteiger partial charge in [-0.2, -0.15) is 0 Å². The van der Waals surface area contributed by atoms with Gasteiger partial charge in [-0.1, -0.05) is 103 Å². The van der Waals surface area contributed by atoms with E-state index in [0.29, 0.717) is 36.5 Å². The minimum absolute atomic E-state index is 0.0111. The summed E-state index contributed by atoms with van der Waals surface area (Å²) >= 11 is 3.66. The minimum Gasteiger partial charge on any atom is -0.471 e. The van der Waals surface area contributed by atoms with Crippen LogP contribution in [0.25, 0.3) is 0 Å². The molecule has 7 rings (SSSR count). The number of hydrogen-bond acceptors (Lipinski definition) is 7. The van der Waals surface area contributed by atoms with E-state index in [1.54, 1.807) is 26.2 Å². The number of amides is 2. The van der Waals surface area contributed by atoms with Crippen molar-refractivity contribution in [3.05, 3.63) is 148 Å². The van der Waals surface area contributed by atoms with Crippen LogP contribution in [0.5, 0.6) is 0 Å². The van der Waals surface area contributed by atoms with Crippen molar-refractivity contribution >= 4 is 33.4 Å². The van der Waals surface area contributed by atoms with Gasteiger partial charge in [0.1, 0.15) is 18.1 Å². The molecule has 4 aromatic carbocycles. The summed E-state index contributed by atoms with van der Waals surface area (Å²) in [7, 11) is 6.75. The Hall–Kier alpha value is -4.32. The number of allylic oxidation sites excluding steroid dienone is 1. The largest absolute Gasteiger partial charge is 0.471 e. The first-order chi connectivity index (χ1) is 26.3. The Labute approximate surface area is 325 Å². The van der Waals surface area contributed by atoms with Crippen molar-refractivity contribution in [2.75, 3.05) is 53.4 Å². The van der Waals surface area contributed by atoms with Crippen molar-refractivity contribution in [3.8, 4) is 0 Å². The number of ether oxygens (including phenoxy) is 5. The van der Waals surface area contributed by atoms with Gasteiger partial charge in [-0.25, -0.2) is 0 Å². The highest BCUT2D eigenvalue weighted by Gasteiger charge is 2.75. The van der Waals surface area contributed by atoms with Crippen LogP contribution in [-0.2, 0) is 45.5 Å². The zero-order valence-electron chi connectivity index (χ0n) is 31.2. The number of likely N-dealkylation sites (tertiary alicyclic amines) is 1. The van der Waals surface area contributed by atoms with Crippen molar-refractivity contribution in [2.45, 2.75) is 31.1 Å². The molecule has 4 aromatic rings. The van der Waals surface area contributed by atoms with Crippen LogP contribution in [0.3, 0.4) is 0 Å². The standard InChI is InChI=1S/C44H47BrN2O7/c1-46-40-33(25-44(52-4,31-18-10-6-11-19-31)32-20-12-7-13-21-32)34-24-37(54-29-51-3)38(41(48)47(28-50-2)36-23-15-14-22-35(36)45)39(40)43(34,42(46)49)27-53-26-30-16-8-5-9-17-30/h5-23,33-34,39-40H,24-29H2,1-4H3/t33-,34+,39-,40+,43-/m1/s1. The van der Waals surface area contributed by atoms with Gasteiger partial charge in [0.25, 0.3) is 5.91 Å². The van der Waals surface area contributed by atoms with Crippen LogP contribution in [0.15, 0.2) is 131 Å². The predicted molar refractivity (Wildman–Crippen MR) is 209 cm³/mol. The van der Waals surface area contributed by atoms with Crippen molar-refractivity contribution in [1.29, 1.82) is 0 Å². The number of carbonyl (C=O) groups excluding carboxylic acids is 2. The Morgan fingerprint density at radius 3 is 2.07 bits per heavy atom. The number of methoxy groups -OCH3 is 3. The zero-order chi connectivity index (χ0) is 37.9. The second-order valence-electron chi connectivity index (χ2n) is 14.3. The van der Waals surface area contributed by atoms with Crippen LogP contribution >= 0.6 is 15.9 Å². The monoisotopic (exact) mass is 794 g/mol. The highest BCUT2D eigenvalue weighted by Crippen LogP contribution is 2.68. The van der Waals surface area contributed by atoms with Crippen molar-refractivity contribution < 1.29 is 33.3 Å². The first-order valence-corrected chi connectivity index (χ1v) is 19.1. The SMILES string of the molecule is COCOC1=C(C(=O)N(COC)c2ccccc2Br)[C@@H]2[C@@H]3[C@H](CC(OC)(c4ccccc4)c4ccccc4)[C@H](C1)[C@@]2(COCc1ccccc1)C(=O)N3C. The molecule has 0 spiro atoms. The first-order valence-electron chi connectivity index (χ1n) is 18.3. The zero-order valence-corrected chi connectivity index (χ0v) is 32.7. The average Bonchev–Trinajstić information content (AvgIpc) is 3.52. The van der Waals surface area contributed by atoms with Gasteiger partial charge in [-0.15, -0.1) is 0 Å². The lowest BCUT2D eigenvalue weighted by atomic mass is 9.62. The number of carbonyl (C=O) groups is 2. The number of para-hydroxylation sites is 1. The molecule has 2 aliphatic carbocycles. The van der Waals surface area contributed by atoms with Gasteiger partial charge in [0.15, 0.2) is 6.79 Å². The van der Waals surface area contributed by atoms with E-state index >= 15 is 4.79 Å². The molecular weight excluding hydrogens is 748 g/mol. The van der Waals surface area contributed by atoms with E-state index in [1.807, 2.05) is 103 Å². The molecule has 1 heterocycles. The number of anilines is 1. The highest BCUT2D eigenvalue weighted by atomic mass is 79.9. The van der Waals surface area contributed by atoms with E-state index in [1.165, 1.54) is 0 Å². The van der Waals surface area contributed by atoms with Crippen LogP contribution in [-0.4, -0.2) is 71.3 Å². The van der Waals surface area contributed by atoms with E-state index in [0.717, 1.165) is 21.2 Å². The van der Waals surface area contributed by atoms with Crippen LogP contribution in [0.1, 0.15) is 29.5 Å². The highest BCUT2D eigenvalue weighted by molar-refractivity contribution is 9.10. The predicted octanol–water partition coefficient (Wildman–Crippen LogP) is 7.55. The number of rotatable bonds is 16. The summed E-state index contributed by atoms with van der Waals surface area (Å²) in [5.74, 6) is -0.701. The molecule has 0 unspecified atom stereocenters. The molecule has 4 bridgehead atoms. The summed E-state index contributed by atoms with van der Waals surface area (Å²) < 4.78 is 31.5. The van der Waals surface area contributed by atoms with Gasteiger partial charge < -0.3 is 28.6 Å². The van der Waals surface area contributed by atoms with Gasteiger partial charge in [-0.3, -0.25) is 14.5 Å². The Morgan fingerprint density at radius 1 is 0.870 bits per heavy atom. The number of nitrogens with zero attached hydrogens (tertiary/aromatic N) is 2. The summed E-state index contributed by atoms with van der Waals surface area (Å²) in [5, 5.41) is 0. The molecule has 5 atom stereocenters. The molecule has 0 N–H and O–H groups in total. The number of hydrogen-bond donors (Lipinski definition) is 0. The molecule has 0 aromatic heterocycles. The summed E-state index contributed by atoms with van der Waals surface area (Å²) in [6.45, 7) is 0.412. The molecule has 2 fully saturated rings. The lowest BCUT2D eigenvalue weighted by Crippen LogP contribution is -2.53. The fourth-order valence-electron chi connectivity index (χ4n) is 9.52. The first kappa shape index (κ1) is 38.0.